The predicted octanol–water partition coefficient (Wildman–Crippen LogP) is 1.69. The maximum absolute atomic E-state index is 11.9. The smallest absolute Gasteiger partial charge is 0.167 e. The van der Waals surface area contributed by atoms with E-state index < -0.39 is 0 Å². The molecule has 4 heteroatoms. The summed E-state index contributed by atoms with van der Waals surface area (Å²) in [5, 5.41) is 3.25. The fraction of sp³-hybridized carbons (Fsp3) is 0.455. The lowest BCUT2D eigenvalue weighted by Gasteiger charge is -2.21. The second-order valence-corrected chi connectivity index (χ2v) is 3.63. The highest BCUT2D eigenvalue weighted by Crippen LogP contribution is 2.17. The molecule has 0 aromatic carbocycles. The third-order valence-electron chi connectivity index (χ3n) is 2.66. The first-order chi connectivity index (χ1) is 6.88. The summed E-state index contributed by atoms with van der Waals surface area (Å²) < 4.78 is 0. The molecular weight excluding hydrogens is 212 g/mol. The number of hydrogen-bond donors (Lipinski definition) is 1. The standard InChI is InChI=1S/C11H14N2O.ClH/c14-11(9-3-6-12-7-4-9)10-2-1-5-13-8-10;/h1-2,5,8-9,12H,3-4,6-7H2;1H. The third kappa shape index (κ3) is 3.01. The highest BCUT2D eigenvalue weighted by molar-refractivity contribution is 5.97. The number of ketones is 1. The van der Waals surface area contributed by atoms with Gasteiger partial charge >= 0.3 is 0 Å². The van der Waals surface area contributed by atoms with Crippen molar-refractivity contribution in [2.75, 3.05) is 13.1 Å². The molecule has 2 heterocycles. The van der Waals surface area contributed by atoms with Crippen molar-refractivity contribution in [2.45, 2.75) is 12.8 Å². The molecule has 0 spiro atoms. The molecule has 2 rings (SSSR count). The largest absolute Gasteiger partial charge is 0.317 e. The van der Waals surface area contributed by atoms with Crippen LogP contribution in [0.4, 0.5) is 0 Å². The van der Waals surface area contributed by atoms with Gasteiger partial charge in [0.2, 0.25) is 0 Å². The van der Waals surface area contributed by atoms with Crippen molar-refractivity contribution >= 4 is 18.2 Å². The summed E-state index contributed by atoms with van der Waals surface area (Å²) >= 11 is 0. The number of halogens is 1. The summed E-state index contributed by atoms with van der Waals surface area (Å²) in [6, 6.07) is 3.66. The number of pyridine rings is 1. The van der Waals surface area contributed by atoms with Gasteiger partial charge in [-0.1, -0.05) is 0 Å². The Morgan fingerprint density at radius 2 is 2.13 bits per heavy atom. The van der Waals surface area contributed by atoms with Crippen LogP contribution in [0.5, 0.6) is 0 Å². The van der Waals surface area contributed by atoms with Gasteiger partial charge in [0.1, 0.15) is 0 Å². The summed E-state index contributed by atoms with van der Waals surface area (Å²) in [4.78, 5) is 15.9. The van der Waals surface area contributed by atoms with Crippen molar-refractivity contribution in [1.82, 2.24) is 10.3 Å². The van der Waals surface area contributed by atoms with Crippen molar-refractivity contribution in [2.24, 2.45) is 5.92 Å². The van der Waals surface area contributed by atoms with Crippen LogP contribution in [-0.2, 0) is 0 Å². The van der Waals surface area contributed by atoms with Crippen molar-refractivity contribution < 1.29 is 4.79 Å². The zero-order chi connectivity index (χ0) is 9.80. The van der Waals surface area contributed by atoms with Crippen LogP contribution >= 0.6 is 12.4 Å². The molecule has 0 aliphatic carbocycles. The summed E-state index contributed by atoms with van der Waals surface area (Å²) in [5.74, 6) is 0.444. The first kappa shape index (κ1) is 12.1. The van der Waals surface area contributed by atoms with Crippen LogP contribution in [0.1, 0.15) is 23.2 Å². The molecule has 1 fully saturated rings. The number of carbonyl (C=O) groups excluding carboxylic acids is 1. The minimum Gasteiger partial charge on any atom is -0.317 e. The second kappa shape index (κ2) is 5.83. The lowest BCUT2D eigenvalue weighted by Crippen LogP contribution is -2.31. The Balaban J connectivity index is 0.00000112. The van der Waals surface area contributed by atoms with Crippen molar-refractivity contribution in [3.63, 3.8) is 0 Å². The zero-order valence-electron chi connectivity index (χ0n) is 8.48. The molecule has 1 N–H and O–H groups in total. The van der Waals surface area contributed by atoms with Crippen molar-refractivity contribution in [3.8, 4) is 0 Å². The number of carbonyl (C=O) groups is 1. The Kier molecular flexibility index (Phi) is 4.72. The Morgan fingerprint density at radius 3 is 2.73 bits per heavy atom. The number of nitrogens with one attached hydrogen (secondary N) is 1. The molecule has 15 heavy (non-hydrogen) atoms. The second-order valence-electron chi connectivity index (χ2n) is 3.63. The van der Waals surface area contributed by atoms with Gasteiger partial charge in [0, 0.05) is 23.9 Å². The molecule has 1 aliphatic heterocycles. The van der Waals surface area contributed by atoms with Crippen LogP contribution in [0.2, 0.25) is 0 Å². The van der Waals surface area contributed by atoms with E-state index >= 15 is 0 Å². The fourth-order valence-electron chi connectivity index (χ4n) is 1.83. The molecule has 1 saturated heterocycles. The van der Waals surface area contributed by atoms with E-state index in [1.807, 2.05) is 12.1 Å². The Bertz CT molecular complexity index is 310. The highest BCUT2D eigenvalue weighted by atomic mass is 35.5. The van der Waals surface area contributed by atoms with E-state index in [0.717, 1.165) is 31.5 Å². The third-order valence-corrected chi connectivity index (χ3v) is 2.66. The van der Waals surface area contributed by atoms with Gasteiger partial charge in [-0.15, -0.1) is 12.4 Å². The van der Waals surface area contributed by atoms with Gasteiger partial charge in [0.05, 0.1) is 0 Å². The number of rotatable bonds is 2. The molecule has 0 atom stereocenters. The van der Waals surface area contributed by atoms with Crippen LogP contribution < -0.4 is 5.32 Å². The first-order valence-electron chi connectivity index (χ1n) is 5.03. The molecule has 0 amide bonds. The summed E-state index contributed by atoms with van der Waals surface area (Å²) in [6.45, 7) is 1.91. The van der Waals surface area contributed by atoms with Crippen LogP contribution in [0.3, 0.4) is 0 Å². The SMILES string of the molecule is Cl.O=C(c1cccnc1)C1CCNCC1. The van der Waals surface area contributed by atoms with Crippen molar-refractivity contribution in [1.29, 1.82) is 0 Å². The number of hydrogen-bond acceptors (Lipinski definition) is 3. The maximum Gasteiger partial charge on any atom is 0.167 e. The average molecular weight is 227 g/mol. The maximum atomic E-state index is 11.9. The summed E-state index contributed by atoms with van der Waals surface area (Å²) in [6.07, 6.45) is 5.25. The molecule has 1 aliphatic rings. The number of nitrogens with zero attached hydrogens (tertiary/aromatic N) is 1. The van der Waals surface area contributed by atoms with Crippen LogP contribution in [0.15, 0.2) is 24.5 Å². The summed E-state index contributed by atoms with van der Waals surface area (Å²) in [5.41, 5.74) is 0.749. The lowest BCUT2D eigenvalue weighted by molar-refractivity contribution is 0.0894. The number of Topliss-reactive ketones (excluding diaryl/α,β-unsaturated/α-hetero) is 1. The molecule has 1 aromatic heterocycles. The molecule has 0 unspecified atom stereocenters. The van der Waals surface area contributed by atoms with Gasteiger partial charge in [-0.25, -0.2) is 0 Å². The van der Waals surface area contributed by atoms with Gasteiger partial charge in [0.15, 0.2) is 5.78 Å². The minimum atomic E-state index is 0. The van der Waals surface area contributed by atoms with Gasteiger partial charge in [0.25, 0.3) is 0 Å². The molecule has 3 nitrogen and oxygen atoms in total. The van der Waals surface area contributed by atoms with E-state index in [2.05, 4.69) is 10.3 Å². The molecule has 0 radical (unpaired) electrons. The minimum absolute atomic E-state index is 0. The number of piperidine rings is 1. The normalized spacial score (nSPS) is 16.8. The number of aromatic nitrogens is 1. The van der Waals surface area contributed by atoms with E-state index in [1.165, 1.54) is 0 Å². The molecule has 1 aromatic rings. The van der Waals surface area contributed by atoms with E-state index in [1.54, 1.807) is 12.4 Å². The topological polar surface area (TPSA) is 42.0 Å². The van der Waals surface area contributed by atoms with Gasteiger partial charge in [-0.05, 0) is 38.1 Å². The highest BCUT2D eigenvalue weighted by Gasteiger charge is 2.21. The van der Waals surface area contributed by atoms with E-state index in [9.17, 15) is 4.79 Å². The van der Waals surface area contributed by atoms with E-state index in [-0.39, 0.29) is 24.1 Å². The Labute approximate surface area is 95.7 Å². The van der Waals surface area contributed by atoms with Gasteiger partial charge in [-0.2, -0.15) is 0 Å². The van der Waals surface area contributed by atoms with E-state index in [0.29, 0.717) is 0 Å². The molecule has 0 saturated carbocycles. The van der Waals surface area contributed by atoms with Crippen molar-refractivity contribution in [3.05, 3.63) is 30.1 Å². The first-order valence-corrected chi connectivity index (χ1v) is 5.03. The van der Waals surface area contributed by atoms with E-state index in [4.69, 9.17) is 0 Å². The summed E-state index contributed by atoms with van der Waals surface area (Å²) in [7, 11) is 0. The Morgan fingerprint density at radius 1 is 1.40 bits per heavy atom. The van der Waals surface area contributed by atoms with Crippen LogP contribution in [0.25, 0.3) is 0 Å². The lowest BCUT2D eigenvalue weighted by atomic mass is 9.90. The van der Waals surface area contributed by atoms with Gasteiger partial charge in [-0.3, -0.25) is 9.78 Å². The average Bonchev–Trinajstić information content (AvgIpc) is 2.30. The predicted molar refractivity (Wildman–Crippen MR) is 61.4 cm³/mol. The zero-order valence-corrected chi connectivity index (χ0v) is 9.30. The molecular formula is C11H15ClN2O. The quantitative estimate of drug-likeness (QED) is 0.781. The van der Waals surface area contributed by atoms with Crippen LogP contribution in [0, 0.1) is 5.92 Å². The molecule has 82 valence electrons. The fourth-order valence-corrected chi connectivity index (χ4v) is 1.83. The van der Waals surface area contributed by atoms with Gasteiger partial charge < -0.3 is 5.32 Å². The monoisotopic (exact) mass is 226 g/mol. The van der Waals surface area contributed by atoms with Crippen LogP contribution in [-0.4, -0.2) is 23.9 Å². The molecule has 0 bridgehead atoms. The Hall–Kier alpha value is -0.930.